The summed E-state index contributed by atoms with van der Waals surface area (Å²) in [4.78, 5) is 34.3. The van der Waals surface area contributed by atoms with Gasteiger partial charge in [0.2, 0.25) is 5.91 Å². The number of ether oxygens (including phenoxy) is 1. The van der Waals surface area contributed by atoms with E-state index in [0.29, 0.717) is 11.4 Å². The molecule has 0 N–H and O–H groups in total. The van der Waals surface area contributed by atoms with Crippen LogP contribution in [0.4, 0.5) is 11.4 Å². The van der Waals surface area contributed by atoms with Gasteiger partial charge in [-0.1, -0.05) is 42.5 Å². The molecule has 0 aliphatic carbocycles. The lowest BCUT2D eigenvalue weighted by molar-refractivity contribution is -0.126. The van der Waals surface area contributed by atoms with Crippen molar-refractivity contribution in [3.63, 3.8) is 0 Å². The smallest absolute Gasteiger partial charge is 0.266 e. The van der Waals surface area contributed by atoms with Crippen molar-refractivity contribution < 1.29 is 19.2 Å². The van der Waals surface area contributed by atoms with Crippen molar-refractivity contribution in [3.05, 3.63) is 90.0 Å². The molecule has 2 fully saturated rings. The SMILES string of the molecule is COc1cccc([C@H]2[C@@H]3C(=O)N(c4cccc(C)c4)C(=O)[C@H]3ON2c2ccccc2)c1. The minimum absolute atomic E-state index is 0.258. The number of hydroxylamine groups is 1. The largest absolute Gasteiger partial charge is 0.497 e. The zero-order valence-electron chi connectivity index (χ0n) is 17.3. The second-order valence-corrected chi connectivity index (χ2v) is 7.79. The van der Waals surface area contributed by atoms with E-state index in [1.807, 2.05) is 79.7 Å². The molecule has 0 radical (unpaired) electrons. The highest BCUT2D eigenvalue weighted by Crippen LogP contribution is 2.47. The van der Waals surface area contributed by atoms with Crippen LogP contribution in [0.3, 0.4) is 0 Å². The molecule has 2 saturated heterocycles. The van der Waals surface area contributed by atoms with Crippen molar-refractivity contribution in [2.24, 2.45) is 5.92 Å². The number of hydrogen-bond donors (Lipinski definition) is 0. The number of imide groups is 1. The molecule has 0 bridgehead atoms. The Morgan fingerprint density at radius 3 is 2.32 bits per heavy atom. The molecule has 2 aliphatic rings. The highest BCUT2D eigenvalue weighted by Gasteiger charge is 2.60. The maximum Gasteiger partial charge on any atom is 0.266 e. The van der Waals surface area contributed by atoms with Gasteiger partial charge in [0.1, 0.15) is 11.7 Å². The van der Waals surface area contributed by atoms with Gasteiger partial charge in [0.15, 0.2) is 6.10 Å². The molecule has 0 saturated carbocycles. The molecule has 2 heterocycles. The van der Waals surface area contributed by atoms with E-state index in [1.165, 1.54) is 4.90 Å². The molecular weight excluding hydrogens is 392 g/mol. The van der Waals surface area contributed by atoms with Crippen LogP contribution in [-0.4, -0.2) is 25.0 Å². The van der Waals surface area contributed by atoms with Gasteiger partial charge in [-0.3, -0.25) is 14.4 Å². The summed E-state index contributed by atoms with van der Waals surface area (Å²) in [5.41, 5.74) is 3.19. The van der Waals surface area contributed by atoms with Crippen LogP contribution < -0.4 is 14.7 Å². The minimum Gasteiger partial charge on any atom is -0.497 e. The molecule has 156 valence electrons. The fourth-order valence-electron chi connectivity index (χ4n) is 4.40. The molecule has 2 amide bonds. The van der Waals surface area contributed by atoms with E-state index in [9.17, 15) is 9.59 Å². The van der Waals surface area contributed by atoms with Gasteiger partial charge in [-0.2, -0.15) is 0 Å². The molecule has 31 heavy (non-hydrogen) atoms. The Balaban J connectivity index is 1.60. The first-order valence-corrected chi connectivity index (χ1v) is 10.2. The first kappa shape index (κ1) is 19.3. The first-order chi connectivity index (χ1) is 15.1. The van der Waals surface area contributed by atoms with E-state index in [2.05, 4.69) is 0 Å². The molecule has 6 heteroatoms. The van der Waals surface area contributed by atoms with E-state index < -0.39 is 18.1 Å². The standard InChI is InChI=1S/C25H22N2O4/c1-16-8-6-12-19(14-16)26-24(28)21-22(17-9-7-13-20(15-17)30-2)27(31-23(21)25(26)29)18-10-4-3-5-11-18/h3-15,21-23H,1-2H3/t21-,22-,23-/m0/s1. The number of nitrogens with zero attached hydrogens (tertiary/aromatic N) is 2. The summed E-state index contributed by atoms with van der Waals surface area (Å²) in [5.74, 6) is -0.583. The third-order valence-corrected chi connectivity index (χ3v) is 5.82. The van der Waals surface area contributed by atoms with Gasteiger partial charge in [-0.25, -0.2) is 9.96 Å². The van der Waals surface area contributed by atoms with Crippen molar-refractivity contribution in [2.75, 3.05) is 17.1 Å². The van der Waals surface area contributed by atoms with Gasteiger partial charge in [-0.15, -0.1) is 0 Å². The summed E-state index contributed by atoms with van der Waals surface area (Å²) in [6, 6.07) is 24.0. The maximum atomic E-state index is 13.6. The van der Waals surface area contributed by atoms with E-state index in [-0.39, 0.29) is 11.8 Å². The zero-order valence-corrected chi connectivity index (χ0v) is 17.3. The number of aryl methyl sites for hydroxylation is 1. The second kappa shape index (κ2) is 7.56. The van der Waals surface area contributed by atoms with Crippen LogP contribution in [0, 0.1) is 12.8 Å². The molecule has 0 spiro atoms. The van der Waals surface area contributed by atoms with E-state index >= 15 is 0 Å². The molecule has 3 aromatic carbocycles. The summed E-state index contributed by atoms with van der Waals surface area (Å²) in [5, 5.41) is 1.69. The monoisotopic (exact) mass is 414 g/mol. The fourth-order valence-corrected chi connectivity index (χ4v) is 4.40. The van der Waals surface area contributed by atoms with Gasteiger partial charge in [0.25, 0.3) is 5.91 Å². The van der Waals surface area contributed by atoms with Crippen LogP contribution in [0.5, 0.6) is 5.75 Å². The molecule has 6 nitrogen and oxygen atoms in total. The number of carbonyl (C=O) groups excluding carboxylic acids is 2. The van der Waals surface area contributed by atoms with E-state index in [4.69, 9.17) is 9.57 Å². The molecular formula is C25H22N2O4. The topological polar surface area (TPSA) is 59.1 Å². The molecule has 3 atom stereocenters. The lowest BCUT2D eigenvalue weighted by atomic mass is 9.90. The predicted octanol–water partition coefficient (Wildman–Crippen LogP) is 4.05. The van der Waals surface area contributed by atoms with Crippen molar-refractivity contribution in [1.29, 1.82) is 0 Å². The van der Waals surface area contributed by atoms with Crippen molar-refractivity contribution in [3.8, 4) is 5.75 Å². The Morgan fingerprint density at radius 1 is 0.839 bits per heavy atom. The van der Waals surface area contributed by atoms with Gasteiger partial charge < -0.3 is 4.74 Å². The second-order valence-electron chi connectivity index (χ2n) is 7.79. The van der Waals surface area contributed by atoms with E-state index in [1.54, 1.807) is 18.2 Å². The quantitative estimate of drug-likeness (QED) is 0.603. The Labute approximate surface area is 180 Å². The number of anilines is 2. The summed E-state index contributed by atoms with van der Waals surface area (Å²) in [7, 11) is 1.60. The Hall–Kier alpha value is -3.64. The van der Waals surface area contributed by atoms with Crippen LogP contribution in [-0.2, 0) is 14.4 Å². The number of carbonyl (C=O) groups is 2. The molecule has 3 aromatic rings. The van der Waals surface area contributed by atoms with Gasteiger partial charge in [0, 0.05) is 0 Å². The third kappa shape index (κ3) is 3.16. The Morgan fingerprint density at radius 2 is 1.58 bits per heavy atom. The van der Waals surface area contributed by atoms with Crippen LogP contribution in [0.25, 0.3) is 0 Å². The number of fused-ring (bicyclic) bond motifs is 1. The fraction of sp³-hybridized carbons (Fsp3) is 0.200. The minimum atomic E-state index is -0.885. The lowest BCUT2D eigenvalue weighted by Crippen LogP contribution is -2.37. The average molecular weight is 414 g/mol. The Kier molecular flexibility index (Phi) is 4.71. The summed E-state index contributed by atoms with van der Waals surface area (Å²) < 4.78 is 5.40. The number of benzene rings is 3. The van der Waals surface area contributed by atoms with Crippen LogP contribution in [0.1, 0.15) is 17.2 Å². The van der Waals surface area contributed by atoms with E-state index in [0.717, 1.165) is 16.8 Å². The van der Waals surface area contributed by atoms with Gasteiger partial charge in [-0.05, 0) is 54.4 Å². The number of hydrogen-bond acceptors (Lipinski definition) is 5. The Bertz CT molecular complexity index is 1150. The van der Waals surface area contributed by atoms with Crippen molar-refractivity contribution >= 4 is 23.2 Å². The zero-order chi connectivity index (χ0) is 21.5. The van der Waals surface area contributed by atoms with Gasteiger partial charge in [0.05, 0.1) is 24.5 Å². The highest BCUT2D eigenvalue weighted by molar-refractivity contribution is 6.23. The van der Waals surface area contributed by atoms with Gasteiger partial charge >= 0.3 is 0 Å². The predicted molar refractivity (Wildman–Crippen MR) is 117 cm³/mol. The molecule has 0 unspecified atom stereocenters. The van der Waals surface area contributed by atoms with Crippen LogP contribution in [0.2, 0.25) is 0 Å². The average Bonchev–Trinajstić information content (AvgIpc) is 3.30. The summed E-state index contributed by atoms with van der Waals surface area (Å²) >= 11 is 0. The summed E-state index contributed by atoms with van der Waals surface area (Å²) in [6.45, 7) is 1.93. The lowest BCUT2D eigenvalue weighted by Gasteiger charge is -2.29. The van der Waals surface area contributed by atoms with Crippen LogP contribution >= 0.6 is 0 Å². The highest BCUT2D eigenvalue weighted by atomic mass is 16.7. The van der Waals surface area contributed by atoms with Crippen LogP contribution in [0.15, 0.2) is 78.9 Å². The number of amides is 2. The first-order valence-electron chi connectivity index (χ1n) is 10.2. The molecule has 5 rings (SSSR count). The number of para-hydroxylation sites is 1. The number of methoxy groups -OCH3 is 1. The normalized spacial score (nSPS) is 22.7. The number of rotatable bonds is 4. The third-order valence-electron chi connectivity index (χ3n) is 5.82. The molecule has 2 aliphatic heterocycles. The molecule has 0 aromatic heterocycles. The maximum absolute atomic E-state index is 13.6. The summed E-state index contributed by atoms with van der Waals surface area (Å²) in [6.07, 6.45) is -0.885. The van der Waals surface area contributed by atoms with Crippen molar-refractivity contribution in [1.82, 2.24) is 0 Å². The van der Waals surface area contributed by atoms with Crippen molar-refractivity contribution in [2.45, 2.75) is 19.1 Å².